The summed E-state index contributed by atoms with van der Waals surface area (Å²) in [6.45, 7) is 3.13. The van der Waals surface area contributed by atoms with E-state index in [-0.39, 0.29) is 10.9 Å². The van der Waals surface area contributed by atoms with Crippen LogP contribution in [0.2, 0.25) is 0 Å². The second kappa shape index (κ2) is 8.96. The number of fused-ring (bicyclic) bond motifs is 1. The molecule has 0 aliphatic carbocycles. The van der Waals surface area contributed by atoms with Crippen molar-refractivity contribution in [2.75, 3.05) is 22.8 Å². The van der Waals surface area contributed by atoms with Gasteiger partial charge in [-0.2, -0.15) is 0 Å². The van der Waals surface area contributed by atoms with Crippen LogP contribution in [-0.2, 0) is 25.2 Å². The number of aryl methyl sites for hydroxylation is 1. The van der Waals surface area contributed by atoms with Crippen LogP contribution in [0, 0.1) is 6.92 Å². The van der Waals surface area contributed by atoms with Crippen LogP contribution in [0.3, 0.4) is 0 Å². The molecule has 0 spiro atoms. The van der Waals surface area contributed by atoms with Crippen molar-refractivity contribution in [2.45, 2.75) is 34.8 Å². The van der Waals surface area contributed by atoms with Gasteiger partial charge in [0.05, 0.1) is 10.8 Å². The molecule has 1 fully saturated rings. The number of β-lactam (4-membered cyclic amide) rings is 1. The van der Waals surface area contributed by atoms with Crippen LogP contribution in [0.5, 0.6) is 0 Å². The molecule has 4 heterocycles. The maximum Gasteiger partial charge on any atom is 0.352 e. The van der Waals surface area contributed by atoms with Crippen LogP contribution in [-0.4, -0.2) is 81.0 Å². The van der Waals surface area contributed by atoms with Crippen molar-refractivity contribution < 1.29 is 23.7 Å². The molecule has 11 nitrogen and oxygen atoms in total. The molecule has 0 saturated carbocycles. The molecular formula is C17H18N6O5S4. The number of rotatable bonds is 7. The van der Waals surface area contributed by atoms with Gasteiger partial charge in [0.25, 0.3) is 5.91 Å². The molecule has 170 valence electrons. The van der Waals surface area contributed by atoms with Gasteiger partial charge in [0.1, 0.15) is 16.1 Å². The number of carbonyl (C=O) groups excluding carboxylic acids is 2. The molecule has 3 atom stereocenters. The van der Waals surface area contributed by atoms with Crippen molar-refractivity contribution in [3.8, 4) is 0 Å². The topological polar surface area (TPSA) is 139 Å². The fourth-order valence-electron chi connectivity index (χ4n) is 3.49. The Morgan fingerprint density at radius 1 is 1.41 bits per heavy atom. The number of thioether (sulfide) groups is 2. The van der Waals surface area contributed by atoms with E-state index in [2.05, 4.69) is 15.2 Å². The largest absolute Gasteiger partial charge is 0.477 e. The zero-order valence-electron chi connectivity index (χ0n) is 17.1. The number of carbonyl (C=O) groups is 3. The first kappa shape index (κ1) is 22.9. The monoisotopic (exact) mass is 514 g/mol. The smallest absolute Gasteiger partial charge is 0.352 e. The van der Waals surface area contributed by atoms with Crippen molar-refractivity contribution in [1.29, 1.82) is 0 Å². The molecular weight excluding hydrogens is 496 g/mol. The van der Waals surface area contributed by atoms with Gasteiger partial charge in [-0.1, -0.05) is 23.1 Å². The fourth-order valence-corrected chi connectivity index (χ4v) is 7.45. The van der Waals surface area contributed by atoms with Gasteiger partial charge in [-0.25, -0.2) is 19.5 Å². The zero-order valence-corrected chi connectivity index (χ0v) is 20.4. The predicted molar refractivity (Wildman–Crippen MR) is 120 cm³/mol. The van der Waals surface area contributed by atoms with E-state index in [9.17, 15) is 23.7 Å². The first-order chi connectivity index (χ1) is 15.2. The Balaban J connectivity index is 1.62. The van der Waals surface area contributed by atoms with Gasteiger partial charge in [-0.05, 0) is 12.5 Å². The average molecular weight is 515 g/mol. The number of imidazole rings is 1. The van der Waals surface area contributed by atoms with E-state index in [0.29, 0.717) is 17.1 Å². The van der Waals surface area contributed by atoms with E-state index in [1.165, 1.54) is 75.0 Å². The van der Waals surface area contributed by atoms with Gasteiger partial charge in [-0.3, -0.25) is 18.7 Å². The molecule has 2 amide bonds. The summed E-state index contributed by atoms with van der Waals surface area (Å²) < 4.78 is 14.1. The van der Waals surface area contributed by atoms with E-state index in [1.54, 1.807) is 0 Å². The summed E-state index contributed by atoms with van der Waals surface area (Å²) in [6.07, 6.45) is 4.28. The lowest BCUT2D eigenvalue weighted by Gasteiger charge is -2.52. The van der Waals surface area contributed by atoms with Crippen LogP contribution in [0.15, 0.2) is 33.2 Å². The summed E-state index contributed by atoms with van der Waals surface area (Å²) >= 11 is 4.18. The predicted octanol–water partition coefficient (Wildman–Crippen LogP) is 0.680. The van der Waals surface area contributed by atoms with Crippen LogP contribution < -0.4 is 5.01 Å². The van der Waals surface area contributed by atoms with E-state index >= 15 is 0 Å². The Morgan fingerprint density at radius 2 is 2.16 bits per heavy atom. The fraction of sp³-hybridized carbons (Fsp3) is 0.412. The first-order valence-corrected chi connectivity index (χ1v) is 13.6. The summed E-state index contributed by atoms with van der Waals surface area (Å²) in [4.78, 5) is 42.9. The van der Waals surface area contributed by atoms with Crippen LogP contribution >= 0.6 is 34.9 Å². The SMILES string of the molecule is CC(=O)N(C1C(=O)N2C(C(=O)O)=C(CSc3nnc(C)s3)CSC12)n1ccnc1S(C)=O. The minimum atomic E-state index is -1.49. The number of aliphatic carboxylic acids is 1. The van der Waals surface area contributed by atoms with E-state index < -0.39 is 40.0 Å². The quantitative estimate of drug-likeness (QED) is 0.414. The van der Waals surface area contributed by atoms with E-state index in [4.69, 9.17) is 0 Å². The molecule has 2 aromatic heterocycles. The van der Waals surface area contributed by atoms with Gasteiger partial charge >= 0.3 is 5.97 Å². The summed E-state index contributed by atoms with van der Waals surface area (Å²) in [5.41, 5.74) is 0.549. The second-order valence-electron chi connectivity index (χ2n) is 6.86. The average Bonchev–Trinajstić information content (AvgIpc) is 3.38. The molecule has 15 heteroatoms. The second-order valence-corrected chi connectivity index (χ2v) is 11.6. The lowest BCUT2D eigenvalue weighted by Crippen LogP contribution is -2.73. The van der Waals surface area contributed by atoms with Crippen molar-refractivity contribution in [1.82, 2.24) is 24.8 Å². The lowest BCUT2D eigenvalue weighted by atomic mass is 10.0. The highest BCUT2D eigenvalue weighted by atomic mass is 32.2. The normalized spacial score (nSPS) is 21.2. The zero-order chi connectivity index (χ0) is 23.2. The Kier molecular flexibility index (Phi) is 6.42. The first-order valence-electron chi connectivity index (χ1n) is 9.20. The maximum absolute atomic E-state index is 13.1. The Labute approximate surface area is 197 Å². The minimum absolute atomic E-state index is 0.0582. The molecule has 4 rings (SSSR count). The number of carboxylic acids is 1. The van der Waals surface area contributed by atoms with Crippen molar-refractivity contribution in [3.63, 3.8) is 0 Å². The van der Waals surface area contributed by atoms with E-state index in [0.717, 1.165) is 9.35 Å². The van der Waals surface area contributed by atoms with Crippen LogP contribution in [0.25, 0.3) is 0 Å². The third-order valence-electron chi connectivity index (χ3n) is 4.76. The summed E-state index contributed by atoms with van der Waals surface area (Å²) in [7, 11) is -1.49. The van der Waals surface area contributed by atoms with Crippen LogP contribution in [0.4, 0.5) is 0 Å². The number of carboxylic acid groups (broad SMARTS) is 1. The Hall–Kier alpha value is -2.23. The molecule has 1 saturated heterocycles. The number of aromatic nitrogens is 4. The molecule has 3 unspecified atom stereocenters. The molecule has 1 N–H and O–H groups in total. The Bertz CT molecular complexity index is 1160. The van der Waals surface area contributed by atoms with Gasteiger partial charge in [-0.15, -0.1) is 22.0 Å². The van der Waals surface area contributed by atoms with E-state index in [1.807, 2.05) is 6.92 Å². The highest BCUT2D eigenvalue weighted by Crippen LogP contribution is 2.43. The highest BCUT2D eigenvalue weighted by Gasteiger charge is 2.57. The Morgan fingerprint density at radius 3 is 2.75 bits per heavy atom. The van der Waals surface area contributed by atoms with Crippen molar-refractivity contribution >= 4 is 63.4 Å². The highest BCUT2D eigenvalue weighted by molar-refractivity contribution is 8.01. The molecule has 2 aliphatic heterocycles. The third-order valence-corrected chi connectivity index (χ3v) is 8.95. The minimum Gasteiger partial charge on any atom is -0.477 e. The molecule has 0 bridgehead atoms. The summed E-state index contributed by atoms with van der Waals surface area (Å²) in [5, 5.41) is 19.4. The van der Waals surface area contributed by atoms with Gasteiger partial charge in [0.2, 0.25) is 11.1 Å². The summed E-state index contributed by atoms with van der Waals surface area (Å²) in [6, 6.07) is -0.927. The standard InChI is InChI=1S/C17H18N6O5S4/c1-8-19-20-17(31-8)30-7-10-6-29-14-12(13(25)22(14)11(10)15(26)27)23(9(2)24)21-5-4-18-16(21)32(3)28/h4-5,12,14H,6-7H2,1-3H3,(H,26,27). The molecule has 32 heavy (non-hydrogen) atoms. The summed E-state index contributed by atoms with van der Waals surface area (Å²) in [5.74, 6) is -1.40. The van der Waals surface area contributed by atoms with Crippen molar-refractivity contribution in [3.05, 3.63) is 28.7 Å². The van der Waals surface area contributed by atoms with Crippen molar-refractivity contribution in [2.24, 2.45) is 0 Å². The maximum atomic E-state index is 13.1. The third kappa shape index (κ3) is 3.97. The lowest BCUT2D eigenvalue weighted by molar-refractivity contribution is -0.150. The number of nitrogens with zero attached hydrogens (tertiary/aromatic N) is 6. The van der Waals surface area contributed by atoms with Gasteiger partial charge < -0.3 is 5.11 Å². The molecule has 2 aliphatic rings. The van der Waals surface area contributed by atoms with Gasteiger partial charge in [0.15, 0.2) is 10.4 Å². The number of amides is 2. The molecule has 2 aromatic rings. The number of hydrogen-bond acceptors (Lipinski definition) is 10. The molecule has 0 aromatic carbocycles. The molecule has 0 radical (unpaired) electrons. The number of hydrogen-bond donors (Lipinski definition) is 1. The van der Waals surface area contributed by atoms with Crippen LogP contribution in [0.1, 0.15) is 11.9 Å². The van der Waals surface area contributed by atoms with Gasteiger partial charge in [0, 0.05) is 37.1 Å².